The highest BCUT2D eigenvalue weighted by atomic mass is 16.5. The van der Waals surface area contributed by atoms with Crippen molar-refractivity contribution in [2.45, 2.75) is 38.8 Å². The molecule has 132 valence electrons. The molecule has 0 saturated heterocycles. The Morgan fingerprint density at radius 3 is 3.16 bits per heavy atom. The molecule has 6 nitrogen and oxygen atoms in total. The van der Waals surface area contributed by atoms with E-state index in [2.05, 4.69) is 33.1 Å². The van der Waals surface area contributed by atoms with Crippen LogP contribution in [-0.2, 0) is 19.4 Å². The molecule has 2 aromatic rings. The first kappa shape index (κ1) is 16.1. The fourth-order valence-electron chi connectivity index (χ4n) is 3.37. The quantitative estimate of drug-likeness (QED) is 0.904. The molecule has 1 aromatic heterocycles. The number of hydrogen-bond donors (Lipinski definition) is 1. The Bertz CT molecular complexity index is 797. The molecule has 0 unspecified atom stereocenters. The van der Waals surface area contributed by atoms with Gasteiger partial charge in [-0.2, -0.15) is 5.10 Å². The van der Waals surface area contributed by atoms with Crippen LogP contribution in [0.2, 0.25) is 0 Å². The molecule has 1 atom stereocenters. The zero-order valence-electron chi connectivity index (χ0n) is 14.8. The van der Waals surface area contributed by atoms with Gasteiger partial charge in [-0.25, -0.2) is 9.67 Å². The van der Waals surface area contributed by atoms with E-state index in [-0.39, 0.29) is 0 Å². The van der Waals surface area contributed by atoms with Gasteiger partial charge in [-0.15, -0.1) is 0 Å². The molecule has 2 aliphatic heterocycles. The Morgan fingerprint density at radius 1 is 1.40 bits per heavy atom. The number of nitrogens with one attached hydrogen (secondary N) is 1. The fourth-order valence-corrected chi connectivity index (χ4v) is 3.37. The second-order valence-electron chi connectivity index (χ2n) is 6.59. The maximum atomic E-state index is 5.88. The molecule has 0 spiro atoms. The van der Waals surface area contributed by atoms with Gasteiger partial charge >= 0.3 is 0 Å². The number of rotatable bonds is 5. The summed E-state index contributed by atoms with van der Waals surface area (Å²) in [6, 6.07) is 6.38. The fraction of sp³-hybridized carbons (Fsp3) is 0.474. The largest absolute Gasteiger partial charge is 0.497 e. The van der Waals surface area contributed by atoms with Crippen molar-refractivity contribution in [2.75, 3.05) is 20.3 Å². The highest BCUT2D eigenvalue weighted by Crippen LogP contribution is 2.30. The topological polar surface area (TPSA) is 61.2 Å². The first-order chi connectivity index (χ1) is 12.2. The van der Waals surface area contributed by atoms with Gasteiger partial charge in [-0.1, -0.05) is 6.92 Å². The molecule has 25 heavy (non-hydrogen) atoms. The highest BCUT2D eigenvalue weighted by Gasteiger charge is 2.21. The Kier molecular flexibility index (Phi) is 4.44. The zero-order chi connectivity index (χ0) is 17.2. The lowest BCUT2D eigenvalue weighted by atomic mass is 10.0. The molecule has 2 aliphatic rings. The minimum Gasteiger partial charge on any atom is -0.497 e. The standard InChI is InChI=1S/C19H24N4O2/c1-3-18-21-19-7-5-15(11-23(19)22-18)20-10-13-8-14-4-6-16(24-2)9-17(14)25-12-13/h4,6,8-9,15,20H,3,5,7,10-12H2,1-2H3/t15-/m0/s1. The van der Waals surface area contributed by atoms with Crippen molar-refractivity contribution in [3.8, 4) is 11.5 Å². The third-order valence-corrected chi connectivity index (χ3v) is 4.83. The molecular weight excluding hydrogens is 316 g/mol. The van der Waals surface area contributed by atoms with Crippen molar-refractivity contribution in [1.82, 2.24) is 20.1 Å². The lowest BCUT2D eigenvalue weighted by Crippen LogP contribution is -2.39. The summed E-state index contributed by atoms with van der Waals surface area (Å²) in [5.41, 5.74) is 2.37. The SMILES string of the molecule is CCc1nc2n(n1)C[C@@H](NCC1=Cc3ccc(OC)cc3OC1)CC2. The number of aromatic nitrogens is 3. The number of fused-ring (bicyclic) bond motifs is 2. The Morgan fingerprint density at radius 2 is 2.32 bits per heavy atom. The lowest BCUT2D eigenvalue weighted by Gasteiger charge is -2.25. The number of ether oxygens (including phenoxy) is 2. The van der Waals surface area contributed by atoms with Crippen molar-refractivity contribution in [2.24, 2.45) is 0 Å². The van der Waals surface area contributed by atoms with E-state index in [0.29, 0.717) is 12.6 Å². The number of methoxy groups -OCH3 is 1. The molecule has 0 saturated carbocycles. The summed E-state index contributed by atoms with van der Waals surface area (Å²) in [6.07, 6.45) is 5.20. The van der Waals surface area contributed by atoms with Gasteiger partial charge in [-0.3, -0.25) is 0 Å². The van der Waals surface area contributed by atoms with Crippen LogP contribution in [-0.4, -0.2) is 41.1 Å². The Labute approximate surface area is 147 Å². The molecule has 0 radical (unpaired) electrons. The van der Waals surface area contributed by atoms with E-state index >= 15 is 0 Å². The van der Waals surface area contributed by atoms with Gasteiger partial charge in [0.2, 0.25) is 0 Å². The second-order valence-corrected chi connectivity index (χ2v) is 6.59. The third-order valence-electron chi connectivity index (χ3n) is 4.83. The number of hydrogen-bond acceptors (Lipinski definition) is 5. The van der Waals surface area contributed by atoms with Crippen molar-refractivity contribution in [3.63, 3.8) is 0 Å². The van der Waals surface area contributed by atoms with E-state index < -0.39 is 0 Å². The van der Waals surface area contributed by atoms with Gasteiger partial charge < -0.3 is 14.8 Å². The summed E-state index contributed by atoms with van der Waals surface area (Å²) in [7, 11) is 1.67. The summed E-state index contributed by atoms with van der Waals surface area (Å²) in [6.45, 7) is 4.44. The van der Waals surface area contributed by atoms with E-state index in [4.69, 9.17) is 9.47 Å². The Balaban J connectivity index is 1.38. The summed E-state index contributed by atoms with van der Waals surface area (Å²) in [4.78, 5) is 4.58. The first-order valence-corrected chi connectivity index (χ1v) is 8.91. The van der Waals surface area contributed by atoms with Gasteiger partial charge in [0.1, 0.15) is 23.9 Å². The molecular formula is C19H24N4O2. The summed E-state index contributed by atoms with van der Waals surface area (Å²) in [5, 5.41) is 8.23. The minimum absolute atomic E-state index is 0.428. The normalized spacial score (nSPS) is 18.8. The summed E-state index contributed by atoms with van der Waals surface area (Å²) >= 11 is 0. The molecule has 6 heteroatoms. The monoisotopic (exact) mass is 340 g/mol. The summed E-state index contributed by atoms with van der Waals surface area (Å²) in [5.74, 6) is 3.79. The van der Waals surface area contributed by atoms with Gasteiger partial charge in [0, 0.05) is 37.1 Å². The van der Waals surface area contributed by atoms with Crippen LogP contribution in [0.5, 0.6) is 11.5 Å². The molecule has 1 aromatic carbocycles. The van der Waals surface area contributed by atoms with Crippen molar-refractivity contribution in [3.05, 3.63) is 41.0 Å². The predicted molar refractivity (Wildman–Crippen MR) is 96.0 cm³/mol. The zero-order valence-corrected chi connectivity index (χ0v) is 14.8. The number of nitrogens with zero attached hydrogens (tertiary/aromatic N) is 3. The maximum absolute atomic E-state index is 5.88. The van der Waals surface area contributed by atoms with Gasteiger partial charge in [0.05, 0.1) is 13.7 Å². The van der Waals surface area contributed by atoms with Crippen molar-refractivity contribution < 1.29 is 9.47 Å². The Hall–Kier alpha value is -2.34. The van der Waals surface area contributed by atoms with Crippen LogP contribution in [0.3, 0.4) is 0 Å². The van der Waals surface area contributed by atoms with Crippen LogP contribution in [0.4, 0.5) is 0 Å². The summed E-state index contributed by atoms with van der Waals surface area (Å²) < 4.78 is 13.2. The average molecular weight is 340 g/mol. The van der Waals surface area contributed by atoms with Crippen LogP contribution in [0, 0.1) is 0 Å². The van der Waals surface area contributed by atoms with Gasteiger partial charge in [-0.05, 0) is 30.2 Å². The van der Waals surface area contributed by atoms with E-state index in [9.17, 15) is 0 Å². The van der Waals surface area contributed by atoms with Crippen LogP contribution in [0.15, 0.2) is 23.8 Å². The van der Waals surface area contributed by atoms with Crippen LogP contribution in [0.1, 0.15) is 30.6 Å². The molecule has 4 rings (SSSR count). The van der Waals surface area contributed by atoms with Gasteiger partial charge in [0.15, 0.2) is 5.82 Å². The van der Waals surface area contributed by atoms with Gasteiger partial charge in [0.25, 0.3) is 0 Å². The maximum Gasteiger partial charge on any atom is 0.150 e. The predicted octanol–water partition coefficient (Wildman–Crippen LogP) is 2.23. The van der Waals surface area contributed by atoms with Crippen LogP contribution >= 0.6 is 0 Å². The molecule has 3 heterocycles. The van der Waals surface area contributed by atoms with Crippen LogP contribution < -0.4 is 14.8 Å². The molecule has 0 bridgehead atoms. The van der Waals surface area contributed by atoms with Crippen molar-refractivity contribution >= 4 is 6.08 Å². The van der Waals surface area contributed by atoms with E-state index in [1.807, 2.05) is 18.2 Å². The number of aryl methyl sites for hydroxylation is 2. The van der Waals surface area contributed by atoms with Crippen molar-refractivity contribution in [1.29, 1.82) is 0 Å². The smallest absolute Gasteiger partial charge is 0.150 e. The molecule has 0 amide bonds. The van der Waals surface area contributed by atoms with Crippen LogP contribution in [0.25, 0.3) is 6.08 Å². The number of benzene rings is 1. The van der Waals surface area contributed by atoms with E-state index in [1.54, 1.807) is 7.11 Å². The molecule has 0 aliphatic carbocycles. The molecule has 0 fully saturated rings. The van der Waals surface area contributed by atoms with E-state index in [0.717, 1.165) is 61.1 Å². The first-order valence-electron chi connectivity index (χ1n) is 8.91. The minimum atomic E-state index is 0.428. The van der Waals surface area contributed by atoms with E-state index in [1.165, 1.54) is 5.57 Å². The third kappa shape index (κ3) is 3.39. The molecule has 1 N–H and O–H groups in total. The highest BCUT2D eigenvalue weighted by molar-refractivity contribution is 5.63. The average Bonchev–Trinajstić information content (AvgIpc) is 3.08. The lowest BCUT2D eigenvalue weighted by molar-refractivity contribution is 0.327. The second kappa shape index (κ2) is 6.88.